The van der Waals surface area contributed by atoms with E-state index in [4.69, 9.17) is 0 Å². The highest BCUT2D eigenvalue weighted by Crippen LogP contribution is 2.46. The largest absolute Gasteiger partial charge is 0.338 e. The van der Waals surface area contributed by atoms with Crippen LogP contribution in [0, 0.1) is 5.41 Å². The van der Waals surface area contributed by atoms with Gasteiger partial charge >= 0.3 is 0 Å². The predicted octanol–water partition coefficient (Wildman–Crippen LogP) is 2.02. The van der Waals surface area contributed by atoms with Gasteiger partial charge in [0.25, 0.3) is 0 Å². The van der Waals surface area contributed by atoms with E-state index in [0.29, 0.717) is 24.5 Å². The van der Waals surface area contributed by atoms with Gasteiger partial charge in [-0.3, -0.25) is 4.79 Å². The van der Waals surface area contributed by atoms with E-state index in [0.717, 1.165) is 24.3 Å². The second-order valence-electron chi connectivity index (χ2n) is 5.79. The molecule has 1 aromatic heterocycles. The van der Waals surface area contributed by atoms with Gasteiger partial charge in [-0.05, 0) is 25.7 Å². The van der Waals surface area contributed by atoms with Crippen LogP contribution in [0.1, 0.15) is 37.6 Å². The summed E-state index contributed by atoms with van der Waals surface area (Å²) in [6.45, 7) is 2.78. The summed E-state index contributed by atoms with van der Waals surface area (Å²) in [6.07, 6.45) is 6.12. The molecule has 0 aliphatic carbocycles. The maximum atomic E-state index is 12.9. The lowest BCUT2D eigenvalue weighted by atomic mass is 9.71. The molecule has 2 aliphatic rings. The first-order chi connectivity index (χ1) is 9.15. The number of nitrogens with one attached hydrogen (secondary N) is 1. The quantitative estimate of drug-likeness (QED) is 0.917. The lowest BCUT2D eigenvalue weighted by Crippen LogP contribution is -2.48. The Kier molecular flexibility index (Phi) is 3.35. The molecule has 3 heterocycles. The highest BCUT2D eigenvalue weighted by atomic mass is 32.1. The molecule has 5 heteroatoms. The molecule has 0 saturated carbocycles. The third-order valence-electron chi connectivity index (χ3n) is 4.78. The number of hydrogen-bond acceptors (Lipinski definition) is 4. The Morgan fingerprint density at radius 1 is 1.63 bits per heavy atom. The van der Waals surface area contributed by atoms with Crippen molar-refractivity contribution in [3.8, 4) is 0 Å². The Morgan fingerprint density at radius 3 is 3.00 bits per heavy atom. The molecular formula is C14H21N3OS. The van der Waals surface area contributed by atoms with Crippen LogP contribution in [0.25, 0.3) is 0 Å². The van der Waals surface area contributed by atoms with E-state index in [-0.39, 0.29) is 5.41 Å². The van der Waals surface area contributed by atoms with E-state index < -0.39 is 0 Å². The summed E-state index contributed by atoms with van der Waals surface area (Å²) in [4.78, 5) is 19.0. The molecule has 0 spiro atoms. The molecule has 0 aromatic carbocycles. The summed E-state index contributed by atoms with van der Waals surface area (Å²) in [5.74, 6) is 0.296. The predicted molar refractivity (Wildman–Crippen MR) is 75.9 cm³/mol. The fourth-order valence-corrected chi connectivity index (χ4v) is 4.43. The molecule has 104 valence electrons. The lowest BCUT2D eigenvalue weighted by Gasteiger charge is -2.37. The Bertz CT molecular complexity index is 461. The van der Waals surface area contributed by atoms with Gasteiger partial charge in [-0.2, -0.15) is 0 Å². The Morgan fingerprint density at radius 2 is 2.47 bits per heavy atom. The van der Waals surface area contributed by atoms with Crippen molar-refractivity contribution >= 4 is 17.2 Å². The SMILES string of the molecule is CC[C@@]1(C(=O)N(C)Cc2nccs2)C[C@@H]2CC[C@H]1N2. The zero-order valence-corrected chi connectivity index (χ0v) is 12.4. The molecule has 3 rings (SSSR count). The van der Waals surface area contributed by atoms with Crippen LogP contribution >= 0.6 is 11.3 Å². The summed E-state index contributed by atoms with van der Waals surface area (Å²) in [6, 6.07) is 0.941. The van der Waals surface area contributed by atoms with Gasteiger partial charge in [0.05, 0.1) is 12.0 Å². The number of carbonyl (C=O) groups is 1. The highest BCUT2D eigenvalue weighted by Gasteiger charge is 2.55. The third kappa shape index (κ3) is 2.09. The standard InChI is InChI=1S/C14H21N3OS/c1-3-14(8-10-4-5-11(14)16-10)13(18)17(2)9-12-15-6-7-19-12/h6-7,10-11,16H,3-5,8-9H2,1-2H3/t10-,11+,14+/m0/s1. The van der Waals surface area contributed by atoms with E-state index in [1.165, 1.54) is 6.42 Å². The summed E-state index contributed by atoms with van der Waals surface area (Å²) in [5.41, 5.74) is -0.172. The van der Waals surface area contributed by atoms with Crippen LogP contribution in [0.3, 0.4) is 0 Å². The first kappa shape index (κ1) is 13.1. The molecule has 0 unspecified atom stereocenters. The van der Waals surface area contributed by atoms with Crippen LogP contribution in [0.15, 0.2) is 11.6 Å². The number of hydrogen-bond donors (Lipinski definition) is 1. The molecular weight excluding hydrogens is 258 g/mol. The van der Waals surface area contributed by atoms with E-state index in [1.54, 1.807) is 17.5 Å². The van der Waals surface area contributed by atoms with Crippen LogP contribution in [-0.2, 0) is 11.3 Å². The number of fused-ring (bicyclic) bond motifs is 2. The average molecular weight is 279 g/mol. The van der Waals surface area contributed by atoms with Gasteiger partial charge in [0.1, 0.15) is 5.01 Å². The number of thiazole rings is 1. The van der Waals surface area contributed by atoms with Gasteiger partial charge in [0.15, 0.2) is 0 Å². The number of rotatable bonds is 4. The van der Waals surface area contributed by atoms with Crippen LogP contribution < -0.4 is 5.32 Å². The summed E-state index contributed by atoms with van der Waals surface area (Å²) in [7, 11) is 1.91. The van der Waals surface area contributed by atoms with Gasteiger partial charge in [0, 0.05) is 30.7 Å². The summed E-state index contributed by atoms with van der Waals surface area (Å²) in [5, 5.41) is 6.58. The molecule has 3 atom stereocenters. The second kappa shape index (κ2) is 4.87. The minimum atomic E-state index is -0.172. The molecule has 19 heavy (non-hydrogen) atoms. The van der Waals surface area contributed by atoms with Crippen LogP contribution in [-0.4, -0.2) is 34.9 Å². The maximum absolute atomic E-state index is 12.9. The van der Waals surface area contributed by atoms with E-state index in [2.05, 4.69) is 17.2 Å². The molecule has 1 amide bonds. The molecule has 2 fully saturated rings. The van der Waals surface area contributed by atoms with Crippen LogP contribution in [0.4, 0.5) is 0 Å². The van der Waals surface area contributed by atoms with Gasteiger partial charge < -0.3 is 10.2 Å². The zero-order chi connectivity index (χ0) is 13.5. The van der Waals surface area contributed by atoms with Gasteiger partial charge in [0.2, 0.25) is 5.91 Å². The Balaban J connectivity index is 1.75. The lowest BCUT2D eigenvalue weighted by molar-refractivity contribution is -0.143. The zero-order valence-electron chi connectivity index (χ0n) is 11.6. The normalized spacial score (nSPS) is 32.7. The fourth-order valence-electron chi connectivity index (χ4n) is 3.76. The van der Waals surface area contributed by atoms with Crippen molar-refractivity contribution in [1.82, 2.24) is 15.2 Å². The van der Waals surface area contributed by atoms with Crippen LogP contribution in [0.5, 0.6) is 0 Å². The topological polar surface area (TPSA) is 45.2 Å². The van der Waals surface area contributed by atoms with Crippen LogP contribution in [0.2, 0.25) is 0 Å². The van der Waals surface area contributed by atoms with E-state index in [9.17, 15) is 4.79 Å². The van der Waals surface area contributed by atoms with Crippen molar-refractivity contribution in [2.24, 2.45) is 5.41 Å². The number of aromatic nitrogens is 1. The van der Waals surface area contributed by atoms with Crippen molar-refractivity contribution in [2.75, 3.05) is 7.05 Å². The molecule has 4 nitrogen and oxygen atoms in total. The second-order valence-corrected chi connectivity index (χ2v) is 6.77. The third-order valence-corrected chi connectivity index (χ3v) is 5.54. The van der Waals surface area contributed by atoms with Crippen molar-refractivity contribution in [3.05, 3.63) is 16.6 Å². The Hall–Kier alpha value is -0.940. The van der Waals surface area contributed by atoms with Crippen molar-refractivity contribution in [1.29, 1.82) is 0 Å². The van der Waals surface area contributed by atoms with E-state index >= 15 is 0 Å². The van der Waals surface area contributed by atoms with E-state index in [1.807, 2.05) is 17.3 Å². The highest BCUT2D eigenvalue weighted by molar-refractivity contribution is 7.09. The molecule has 2 aliphatic heterocycles. The van der Waals surface area contributed by atoms with Crippen molar-refractivity contribution < 1.29 is 4.79 Å². The first-order valence-corrected chi connectivity index (χ1v) is 7.93. The average Bonchev–Trinajstić information content (AvgIpc) is 3.13. The fraction of sp³-hybridized carbons (Fsp3) is 0.714. The molecule has 1 N–H and O–H groups in total. The van der Waals surface area contributed by atoms with Crippen molar-refractivity contribution in [3.63, 3.8) is 0 Å². The molecule has 2 bridgehead atoms. The minimum absolute atomic E-state index is 0.172. The smallest absolute Gasteiger partial charge is 0.230 e. The number of nitrogens with zero attached hydrogens (tertiary/aromatic N) is 2. The molecule has 0 radical (unpaired) electrons. The van der Waals surface area contributed by atoms with Gasteiger partial charge in [-0.15, -0.1) is 11.3 Å². The summed E-state index contributed by atoms with van der Waals surface area (Å²) < 4.78 is 0. The molecule has 2 saturated heterocycles. The maximum Gasteiger partial charge on any atom is 0.230 e. The first-order valence-electron chi connectivity index (χ1n) is 7.05. The van der Waals surface area contributed by atoms with Gasteiger partial charge in [-0.1, -0.05) is 6.92 Å². The summed E-state index contributed by atoms with van der Waals surface area (Å²) >= 11 is 1.61. The number of amides is 1. The monoisotopic (exact) mass is 279 g/mol. The Labute approximate surface area is 118 Å². The van der Waals surface area contributed by atoms with Gasteiger partial charge in [-0.25, -0.2) is 4.98 Å². The minimum Gasteiger partial charge on any atom is -0.338 e. The van der Waals surface area contributed by atoms with Crippen molar-refractivity contribution in [2.45, 2.75) is 51.2 Å². The molecule has 1 aromatic rings. The number of carbonyl (C=O) groups excluding carboxylic acids is 1.